The van der Waals surface area contributed by atoms with Crippen LogP contribution in [0.15, 0.2) is 0 Å². The van der Waals surface area contributed by atoms with E-state index >= 15 is 0 Å². The van der Waals surface area contributed by atoms with Gasteiger partial charge in [0.15, 0.2) is 0 Å². The predicted molar refractivity (Wildman–Crippen MR) is 66.9 cm³/mol. The average molecular weight is 248 g/mol. The summed E-state index contributed by atoms with van der Waals surface area (Å²) < 4.78 is 4.26. The molecule has 0 aliphatic rings. The molecule has 0 bridgehead atoms. The summed E-state index contributed by atoms with van der Waals surface area (Å²) in [5, 5.41) is 4.46. The molecule has 0 aliphatic carbocycles. The minimum Gasteiger partial charge on any atom is -0.360 e. The number of nitrogens with zero attached hydrogens (tertiary/aromatic N) is 2. The molecule has 1 aromatic heterocycles. The Hall–Kier alpha value is -0.350. The number of alkyl halides is 1. The van der Waals surface area contributed by atoms with Crippen molar-refractivity contribution in [3.63, 3.8) is 0 Å². The Balaban J connectivity index is 2.19. The molecule has 1 unspecified atom stereocenters. The van der Waals surface area contributed by atoms with Crippen LogP contribution in [0.25, 0.3) is 0 Å². The fraction of sp³-hybridized carbons (Fsp3) is 0.800. The maximum absolute atomic E-state index is 5.85. The molecule has 1 atom stereocenters. The maximum Gasteiger partial charge on any atom is 0.202 e. The van der Waals surface area contributed by atoms with Crippen LogP contribution in [-0.4, -0.2) is 21.3 Å². The number of aryl methyl sites for hydroxylation is 1. The summed E-state index contributed by atoms with van der Waals surface area (Å²) >= 11 is 7.29. The third-order valence-electron chi connectivity index (χ3n) is 2.00. The van der Waals surface area contributed by atoms with Crippen LogP contribution >= 0.6 is 23.1 Å². The van der Waals surface area contributed by atoms with Crippen molar-refractivity contribution < 1.29 is 0 Å². The largest absolute Gasteiger partial charge is 0.360 e. The summed E-state index contributed by atoms with van der Waals surface area (Å²) in [6.07, 6.45) is 4.18. The topological polar surface area (TPSA) is 37.8 Å². The van der Waals surface area contributed by atoms with Gasteiger partial charge in [0.25, 0.3) is 0 Å². The second-order valence-electron chi connectivity index (χ2n) is 3.62. The lowest BCUT2D eigenvalue weighted by atomic mass is 10.2. The second-order valence-corrected chi connectivity index (χ2v) is 5.11. The Morgan fingerprint density at radius 3 is 3.00 bits per heavy atom. The Kier molecular flexibility index (Phi) is 5.95. The van der Waals surface area contributed by atoms with Crippen LogP contribution in [0.5, 0.6) is 0 Å². The zero-order chi connectivity index (χ0) is 11.1. The monoisotopic (exact) mass is 247 g/mol. The van der Waals surface area contributed by atoms with Crippen molar-refractivity contribution in [3.8, 4) is 0 Å². The molecule has 5 heteroatoms. The number of hydrogen-bond donors (Lipinski definition) is 1. The Morgan fingerprint density at radius 2 is 2.33 bits per heavy atom. The van der Waals surface area contributed by atoms with E-state index in [0.717, 1.165) is 43.2 Å². The summed E-state index contributed by atoms with van der Waals surface area (Å²) in [4.78, 5) is 4.38. The molecule has 1 heterocycles. The highest BCUT2D eigenvalue weighted by atomic mass is 35.5. The van der Waals surface area contributed by atoms with E-state index in [1.807, 2.05) is 6.92 Å². The van der Waals surface area contributed by atoms with Crippen LogP contribution < -0.4 is 5.32 Å². The van der Waals surface area contributed by atoms with Gasteiger partial charge >= 0.3 is 0 Å². The summed E-state index contributed by atoms with van der Waals surface area (Å²) in [6.45, 7) is 5.08. The molecular formula is C10H18ClN3S. The quantitative estimate of drug-likeness (QED) is 0.593. The first-order chi connectivity index (χ1) is 7.22. The van der Waals surface area contributed by atoms with Gasteiger partial charge in [0.2, 0.25) is 5.13 Å². The Bertz CT molecular complexity index is 275. The number of halogens is 1. The van der Waals surface area contributed by atoms with Gasteiger partial charge in [0.1, 0.15) is 5.82 Å². The highest BCUT2D eigenvalue weighted by molar-refractivity contribution is 7.09. The number of aromatic nitrogens is 2. The first kappa shape index (κ1) is 12.7. The molecule has 3 nitrogen and oxygen atoms in total. The molecular weight excluding hydrogens is 230 g/mol. The number of rotatable bonds is 7. The lowest BCUT2D eigenvalue weighted by Gasteiger charge is -2.02. The van der Waals surface area contributed by atoms with E-state index in [-0.39, 0.29) is 5.38 Å². The van der Waals surface area contributed by atoms with Gasteiger partial charge < -0.3 is 5.32 Å². The summed E-state index contributed by atoms with van der Waals surface area (Å²) in [5.41, 5.74) is 0. The second kappa shape index (κ2) is 7.01. The van der Waals surface area contributed by atoms with Gasteiger partial charge in [-0.05, 0) is 26.2 Å². The van der Waals surface area contributed by atoms with Gasteiger partial charge in [-0.3, -0.25) is 0 Å². The van der Waals surface area contributed by atoms with Gasteiger partial charge in [-0.1, -0.05) is 6.92 Å². The Morgan fingerprint density at radius 1 is 1.53 bits per heavy atom. The van der Waals surface area contributed by atoms with Gasteiger partial charge in [-0.25, -0.2) is 4.98 Å². The van der Waals surface area contributed by atoms with E-state index in [1.165, 1.54) is 11.5 Å². The van der Waals surface area contributed by atoms with Gasteiger partial charge in [0.05, 0.1) is 0 Å². The third kappa shape index (κ3) is 5.33. The van der Waals surface area contributed by atoms with Crippen LogP contribution in [0.1, 0.15) is 38.9 Å². The third-order valence-corrected chi connectivity index (χ3v) is 2.93. The van der Waals surface area contributed by atoms with Crippen molar-refractivity contribution in [2.45, 2.75) is 44.9 Å². The first-order valence-corrected chi connectivity index (χ1v) is 6.64. The minimum absolute atomic E-state index is 0.261. The molecule has 0 amide bonds. The summed E-state index contributed by atoms with van der Waals surface area (Å²) in [5.74, 6) is 0.954. The van der Waals surface area contributed by atoms with Crippen LogP contribution in [0.2, 0.25) is 0 Å². The van der Waals surface area contributed by atoms with E-state index in [0.29, 0.717) is 0 Å². The van der Waals surface area contributed by atoms with Crippen molar-refractivity contribution in [1.82, 2.24) is 9.36 Å². The predicted octanol–water partition coefficient (Wildman–Crippen LogP) is 3.31. The molecule has 15 heavy (non-hydrogen) atoms. The van der Waals surface area contributed by atoms with Gasteiger partial charge in [-0.2, -0.15) is 4.37 Å². The van der Waals surface area contributed by atoms with Crippen molar-refractivity contribution >= 4 is 28.3 Å². The highest BCUT2D eigenvalue weighted by Crippen LogP contribution is 2.12. The molecule has 0 spiro atoms. The van der Waals surface area contributed by atoms with E-state index in [2.05, 4.69) is 21.6 Å². The van der Waals surface area contributed by atoms with Crippen molar-refractivity contribution in [2.24, 2.45) is 0 Å². The number of nitrogens with one attached hydrogen (secondary N) is 1. The molecule has 0 aliphatic heterocycles. The first-order valence-electron chi connectivity index (χ1n) is 5.43. The van der Waals surface area contributed by atoms with Crippen molar-refractivity contribution in [2.75, 3.05) is 11.9 Å². The zero-order valence-electron chi connectivity index (χ0n) is 9.29. The van der Waals surface area contributed by atoms with E-state index < -0.39 is 0 Å². The van der Waals surface area contributed by atoms with Crippen molar-refractivity contribution in [1.29, 1.82) is 0 Å². The summed E-state index contributed by atoms with van der Waals surface area (Å²) in [6, 6.07) is 0. The fourth-order valence-electron chi connectivity index (χ4n) is 1.23. The SMILES string of the molecule is CCCc1nsc(NCCCC(C)Cl)n1. The Labute approximate surface area is 100 Å². The lowest BCUT2D eigenvalue weighted by Crippen LogP contribution is -2.03. The highest BCUT2D eigenvalue weighted by Gasteiger charge is 2.02. The summed E-state index contributed by atoms with van der Waals surface area (Å²) in [7, 11) is 0. The van der Waals surface area contributed by atoms with Crippen LogP contribution in [0.3, 0.4) is 0 Å². The maximum atomic E-state index is 5.85. The van der Waals surface area contributed by atoms with Gasteiger partial charge in [-0.15, -0.1) is 11.6 Å². The fourth-order valence-corrected chi connectivity index (χ4v) is 2.02. The molecule has 0 fully saturated rings. The van der Waals surface area contributed by atoms with Crippen LogP contribution in [-0.2, 0) is 6.42 Å². The van der Waals surface area contributed by atoms with E-state index in [4.69, 9.17) is 11.6 Å². The van der Waals surface area contributed by atoms with Gasteiger partial charge in [0, 0.05) is 29.9 Å². The molecule has 0 radical (unpaired) electrons. The molecule has 1 aromatic rings. The number of anilines is 1. The molecule has 86 valence electrons. The minimum atomic E-state index is 0.261. The zero-order valence-corrected chi connectivity index (χ0v) is 10.9. The smallest absolute Gasteiger partial charge is 0.202 e. The van der Waals surface area contributed by atoms with E-state index in [1.54, 1.807) is 0 Å². The molecule has 0 saturated carbocycles. The standard InChI is InChI=1S/C10H18ClN3S/c1-3-5-9-13-10(15-14-9)12-7-4-6-8(2)11/h8H,3-7H2,1-2H3,(H,12,13,14). The van der Waals surface area contributed by atoms with E-state index in [9.17, 15) is 0 Å². The number of hydrogen-bond acceptors (Lipinski definition) is 4. The van der Waals surface area contributed by atoms with Crippen LogP contribution in [0, 0.1) is 0 Å². The molecule has 1 rings (SSSR count). The molecule has 0 saturated heterocycles. The lowest BCUT2D eigenvalue weighted by molar-refractivity contribution is 0.749. The van der Waals surface area contributed by atoms with Crippen molar-refractivity contribution in [3.05, 3.63) is 5.82 Å². The average Bonchev–Trinajstić information content (AvgIpc) is 2.61. The molecule has 1 N–H and O–H groups in total. The normalized spacial score (nSPS) is 12.7. The molecule has 0 aromatic carbocycles. The van der Waals surface area contributed by atoms with Crippen LogP contribution in [0.4, 0.5) is 5.13 Å².